The third-order valence-corrected chi connectivity index (χ3v) is 3.69. The Morgan fingerprint density at radius 3 is 3.00 bits per heavy atom. The molecule has 0 amide bonds. The topological polar surface area (TPSA) is 41.9 Å². The molecule has 5 heteroatoms. The summed E-state index contributed by atoms with van der Waals surface area (Å²) in [5, 5.41) is 9.91. The number of hydrogen-bond acceptors (Lipinski definition) is 4. The first-order chi connectivity index (χ1) is 9.13. The standard InChI is InChI=1S/C14H20ClNO3/c1-10-9-19-13(8-17)7-16(10)6-11-5-12(15)3-4-14(11)18-2/h3-5,10,13,17H,6-9H2,1-2H3. The van der Waals surface area contributed by atoms with Gasteiger partial charge in [-0.15, -0.1) is 0 Å². The smallest absolute Gasteiger partial charge is 0.123 e. The fourth-order valence-electron chi connectivity index (χ4n) is 2.30. The molecule has 0 aromatic heterocycles. The zero-order valence-electron chi connectivity index (χ0n) is 11.3. The van der Waals surface area contributed by atoms with Crippen LogP contribution in [0.4, 0.5) is 0 Å². The Labute approximate surface area is 118 Å². The molecule has 4 nitrogen and oxygen atoms in total. The number of aliphatic hydroxyl groups excluding tert-OH is 1. The van der Waals surface area contributed by atoms with Gasteiger partial charge in [0.15, 0.2) is 0 Å². The molecule has 2 unspecified atom stereocenters. The molecule has 0 bridgehead atoms. The molecule has 0 aliphatic carbocycles. The average molecular weight is 286 g/mol. The van der Waals surface area contributed by atoms with Crippen LogP contribution in [0.3, 0.4) is 0 Å². The van der Waals surface area contributed by atoms with Crippen molar-refractivity contribution in [1.82, 2.24) is 4.90 Å². The van der Waals surface area contributed by atoms with E-state index < -0.39 is 0 Å². The van der Waals surface area contributed by atoms with E-state index in [2.05, 4.69) is 11.8 Å². The number of methoxy groups -OCH3 is 1. The first-order valence-electron chi connectivity index (χ1n) is 6.43. The number of nitrogens with zero attached hydrogens (tertiary/aromatic N) is 1. The molecule has 106 valence electrons. The largest absolute Gasteiger partial charge is 0.496 e. The molecular formula is C14H20ClNO3. The second-order valence-electron chi connectivity index (χ2n) is 4.87. The maximum absolute atomic E-state index is 9.21. The first kappa shape index (κ1) is 14.6. The molecule has 1 aliphatic heterocycles. The van der Waals surface area contributed by atoms with E-state index in [1.807, 2.05) is 18.2 Å². The maximum Gasteiger partial charge on any atom is 0.123 e. The van der Waals surface area contributed by atoms with Crippen molar-refractivity contribution in [1.29, 1.82) is 0 Å². The van der Waals surface area contributed by atoms with Crippen molar-refractivity contribution in [2.24, 2.45) is 0 Å². The van der Waals surface area contributed by atoms with Crippen molar-refractivity contribution in [2.75, 3.05) is 26.9 Å². The summed E-state index contributed by atoms with van der Waals surface area (Å²) in [6.45, 7) is 4.26. The quantitative estimate of drug-likeness (QED) is 0.918. The summed E-state index contributed by atoms with van der Waals surface area (Å²) in [6.07, 6.45) is -0.110. The molecule has 0 saturated carbocycles. The first-order valence-corrected chi connectivity index (χ1v) is 6.80. The predicted octanol–water partition coefficient (Wildman–Crippen LogP) is 1.93. The molecule has 0 radical (unpaired) electrons. The van der Waals surface area contributed by atoms with Crippen molar-refractivity contribution >= 4 is 11.6 Å². The Morgan fingerprint density at radius 2 is 2.32 bits per heavy atom. The maximum atomic E-state index is 9.21. The summed E-state index contributed by atoms with van der Waals surface area (Å²) < 4.78 is 10.9. The van der Waals surface area contributed by atoms with Gasteiger partial charge in [0.1, 0.15) is 5.75 Å². The Hall–Kier alpha value is -0.810. The van der Waals surface area contributed by atoms with E-state index in [-0.39, 0.29) is 12.7 Å². The van der Waals surface area contributed by atoms with E-state index >= 15 is 0 Å². The molecule has 1 N–H and O–H groups in total. The molecule has 1 aromatic rings. The van der Waals surface area contributed by atoms with Crippen LogP contribution in [-0.4, -0.2) is 49.0 Å². The number of aliphatic hydroxyl groups is 1. The van der Waals surface area contributed by atoms with Crippen LogP contribution in [0.5, 0.6) is 5.75 Å². The Bertz CT molecular complexity index is 427. The fraction of sp³-hybridized carbons (Fsp3) is 0.571. The van der Waals surface area contributed by atoms with Gasteiger partial charge in [-0.3, -0.25) is 4.90 Å². The van der Waals surface area contributed by atoms with Crippen molar-refractivity contribution in [3.05, 3.63) is 28.8 Å². The van der Waals surface area contributed by atoms with E-state index in [9.17, 15) is 5.11 Å². The van der Waals surface area contributed by atoms with E-state index in [4.69, 9.17) is 21.1 Å². The summed E-state index contributed by atoms with van der Waals surface area (Å²) in [5.74, 6) is 0.837. The lowest BCUT2D eigenvalue weighted by atomic mass is 10.1. The lowest BCUT2D eigenvalue weighted by Gasteiger charge is -2.37. The minimum Gasteiger partial charge on any atom is -0.496 e. The molecular weight excluding hydrogens is 266 g/mol. The van der Waals surface area contributed by atoms with E-state index in [0.29, 0.717) is 24.2 Å². The van der Waals surface area contributed by atoms with Gasteiger partial charge in [-0.2, -0.15) is 0 Å². The van der Waals surface area contributed by atoms with Crippen molar-refractivity contribution < 1.29 is 14.6 Å². The molecule has 19 heavy (non-hydrogen) atoms. The van der Waals surface area contributed by atoms with Gasteiger partial charge in [0, 0.05) is 29.7 Å². The van der Waals surface area contributed by atoms with Crippen LogP contribution in [0, 0.1) is 0 Å². The van der Waals surface area contributed by atoms with Gasteiger partial charge >= 0.3 is 0 Å². The van der Waals surface area contributed by atoms with Crippen LogP contribution >= 0.6 is 11.6 Å². The van der Waals surface area contributed by atoms with Crippen LogP contribution in [0.1, 0.15) is 12.5 Å². The van der Waals surface area contributed by atoms with Crippen molar-refractivity contribution in [3.8, 4) is 5.75 Å². The summed E-state index contributed by atoms with van der Waals surface area (Å²) in [5.41, 5.74) is 1.06. The summed E-state index contributed by atoms with van der Waals surface area (Å²) >= 11 is 6.05. The zero-order valence-corrected chi connectivity index (χ0v) is 12.1. The van der Waals surface area contributed by atoms with Crippen molar-refractivity contribution in [3.63, 3.8) is 0 Å². The minimum absolute atomic E-state index is 0.0515. The number of rotatable bonds is 4. The molecule has 2 rings (SSSR count). The highest BCUT2D eigenvalue weighted by Gasteiger charge is 2.26. The van der Waals surface area contributed by atoms with Gasteiger partial charge in [0.25, 0.3) is 0 Å². The predicted molar refractivity (Wildman–Crippen MR) is 74.7 cm³/mol. The molecule has 1 saturated heterocycles. The Balaban J connectivity index is 2.12. The number of halogens is 1. The highest BCUT2D eigenvalue weighted by molar-refractivity contribution is 6.30. The normalized spacial score (nSPS) is 24.4. The molecule has 1 aromatic carbocycles. The molecule has 1 heterocycles. The van der Waals surface area contributed by atoms with E-state index in [0.717, 1.165) is 17.9 Å². The number of hydrogen-bond donors (Lipinski definition) is 1. The van der Waals surface area contributed by atoms with Crippen LogP contribution in [0.25, 0.3) is 0 Å². The summed E-state index contributed by atoms with van der Waals surface area (Å²) in [7, 11) is 1.66. The molecule has 1 aliphatic rings. The molecule has 1 fully saturated rings. The monoisotopic (exact) mass is 285 g/mol. The number of morpholine rings is 1. The van der Waals surface area contributed by atoms with Gasteiger partial charge in [-0.25, -0.2) is 0 Å². The van der Waals surface area contributed by atoms with Crippen LogP contribution in [0.15, 0.2) is 18.2 Å². The summed E-state index contributed by atoms with van der Waals surface area (Å²) in [6, 6.07) is 5.94. The van der Waals surface area contributed by atoms with Gasteiger partial charge in [0.2, 0.25) is 0 Å². The second kappa shape index (κ2) is 6.57. The third kappa shape index (κ3) is 3.60. The lowest BCUT2D eigenvalue weighted by Crippen LogP contribution is -2.48. The SMILES string of the molecule is COc1ccc(Cl)cc1CN1CC(CO)OCC1C. The van der Waals surface area contributed by atoms with Gasteiger partial charge < -0.3 is 14.6 Å². The van der Waals surface area contributed by atoms with Crippen LogP contribution in [0.2, 0.25) is 5.02 Å². The van der Waals surface area contributed by atoms with Gasteiger partial charge in [-0.05, 0) is 25.1 Å². The van der Waals surface area contributed by atoms with E-state index in [1.54, 1.807) is 7.11 Å². The highest BCUT2D eigenvalue weighted by Crippen LogP contribution is 2.25. The minimum atomic E-state index is -0.110. The average Bonchev–Trinajstić information content (AvgIpc) is 2.41. The lowest BCUT2D eigenvalue weighted by molar-refractivity contribution is -0.0806. The second-order valence-corrected chi connectivity index (χ2v) is 5.31. The fourth-order valence-corrected chi connectivity index (χ4v) is 2.49. The molecule has 0 spiro atoms. The summed E-state index contributed by atoms with van der Waals surface area (Å²) in [4.78, 5) is 2.28. The Kier molecular flexibility index (Phi) is 5.05. The van der Waals surface area contributed by atoms with Crippen LogP contribution < -0.4 is 4.74 Å². The van der Waals surface area contributed by atoms with Gasteiger partial charge in [-0.1, -0.05) is 11.6 Å². The third-order valence-electron chi connectivity index (χ3n) is 3.45. The Morgan fingerprint density at radius 1 is 1.53 bits per heavy atom. The number of benzene rings is 1. The molecule has 2 atom stereocenters. The number of ether oxygens (including phenoxy) is 2. The van der Waals surface area contributed by atoms with Crippen LogP contribution in [-0.2, 0) is 11.3 Å². The highest BCUT2D eigenvalue weighted by atomic mass is 35.5. The van der Waals surface area contributed by atoms with Crippen molar-refractivity contribution in [2.45, 2.75) is 25.6 Å². The van der Waals surface area contributed by atoms with Gasteiger partial charge in [0.05, 0.1) is 26.4 Å². The van der Waals surface area contributed by atoms with E-state index in [1.165, 1.54) is 0 Å². The zero-order chi connectivity index (χ0) is 13.8.